The number of rotatable bonds is 28. The number of nitrogens with zero attached hydrogens (tertiary/aromatic N) is 3. The largest absolute Gasteiger partial charge is 0.549 e. The molecule has 1 unspecified atom stereocenters. The lowest BCUT2D eigenvalue weighted by Crippen LogP contribution is -2.54. The van der Waals surface area contributed by atoms with Crippen LogP contribution in [-0.4, -0.2) is 103 Å². The molecule has 248 valence electrons. The Bertz CT molecular complexity index is 976. The first-order chi connectivity index (χ1) is 21.0. The average Bonchev–Trinajstić information content (AvgIpc) is 2.92. The van der Waals surface area contributed by atoms with Crippen molar-refractivity contribution < 1.29 is 49.5 Å². The van der Waals surface area contributed by atoms with E-state index in [1.165, 1.54) is 16.9 Å². The highest BCUT2D eigenvalue weighted by molar-refractivity contribution is 5.71. The van der Waals surface area contributed by atoms with E-state index < -0.39 is 68.6 Å². The number of hydrogen-bond acceptors (Lipinski definition) is 13. The van der Waals surface area contributed by atoms with E-state index in [0.29, 0.717) is 12.8 Å². The Morgan fingerprint density at radius 1 is 0.523 bits per heavy atom. The number of carboxylic acids is 5. The van der Waals surface area contributed by atoms with Gasteiger partial charge >= 0.3 is 0 Å². The molecule has 0 fully saturated rings. The van der Waals surface area contributed by atoms with Gasteiger partial charge in [0.2, 0.25) is 0 Å². The number of benzene rings is 1. The van der Waals surface area contributed by atoms with Crippen LogP contribution in [0.25, 0.3) is 0 Å². The van der Waals surface area contributed by atoms with Crippen LogP contribution in [0.4, 0.5) is 0 Å². The van der Waals surface area contributed by atoms with Crippen LogP contribution in [0.2, 0.25) is 0 Å². The summed E-state index contributed by atoms with van der Waals surface area (Å²) in [4.78, 5) is 59.6. The van der Waals surface area contributed by atoms with Crippen LogP contribution in [0.15, 0.2) is 30.3 Å². The molecule has 0 heterocycles. The number of unbranched alkanes of at least 4 members (excludes halogenated alkanes) is 8. The lowest BCUT2D eigenvalue weighted by atomic mass is 10.0. The number of aryl methyl sites for hydroxylation is 1. The van der Waals surface area contributed by atoms with Crippen LogP contribution < -0.4 is 25.5 Å². The van der Waals surface area contributed by atoms with E-state index in [1.807, 2.05) is 18.2 Å². The molecule has 0 spiro atoms. The van der Waals surface area contributed by atoms with Crippen LogP contribution >= 0.6 is 0 Å². The standard InChI is InChI=1S/C31H49N3O10/c35-27(36)20-32(17-18-33(21-28(37)38)22-29(39)40)19-26(34(23-30(41)42)24-31(43)44)16-12-7-5-3-1-2-4-6-9-13-25-14-10-8-11-15-25/h8,10-11,14-15,26H,1-7,9,12-13,16-24H2,(H,35,36)(H,37,38)(H,39,40)(H,41,42)(H,43,44)/p-5. The van der Waals surface area contributed by atoms with Crippen molar-refractivity contribution in [2.24, 2.45) is 0 Å². The van der Waals surface area contributed by atoms with Crippen molar-refractivity contribution in [2.75, 3.05) is 52.4 Å². The van der Waals surface area contributed by atoms with Crippen LogP contribution in [0.5, 0.6) is 0 Å². The van der Waals surface area contributed by atoms with Gasteiger partial charge in [-0.25, -0.2) is 0 Å². The van der Waals surface area contributed by atoms with Gasteiger partial charge in [0.15, 0.2) is 0 Å². The predicted octanol–water partition coefficient (Wildman–Crippen LogP) is -3.85. The van der Waals surface area contributed by atoms with Gasteiger partial charge < -0.3 is 49.5 Å². The summed E-state index contributed by atoms with van der Waals surface area (Å²) in [6, 6.07) is 9.65. The van der Waals surface area contributed by atoms with Crippen molar-refractivity contribution in [1.82, 2.24) is 14.7 Å². The topological polar surface area (TPSA) is 210 Å². The average molecular weight is 619 g/mol. The number of aliphatic carboxylic acids is 5. The summed E-state index contributed by atoms with van der Waals surface area (Å²) in [5.74, 6) is -7.57. The molecule has 0 bridgehead atoms. The van der Waals surface area contributed by atoms with Gasteiger partial charge in [-0.15, -0.1) is 0 Å². The Morgan fingerprint density at radius 2 is 0.932 bits per heavy atom. The van der Waals surface area contributed by atoms with E-state index in [0.717, 1.165) is 61.2 Å². The highest BCUT2D eigenvalue weighted by atomic mass is 16.4. The van der Waals surface area contributed by atoms with Crippen LogP contribution in [-0.2, 0) is 30.4 Å². The minimum atomic E-state index is -1.53. The Morgan fingerprint density at radius 3 is 1.41 bits per heavy atom. The maximum absolute atomic E-state index is 11.4. The molecule has 1 rings (SSSR count). The van der Waals surface area contributed by atoms with Crippen molar-refractivity contribution in [2.45, 2.75) is 76.7 Å². The third-order valence-corrected chi connectivity index (χ3v) is 7.29. The SMILES string of the molecule is O=C([O-])CN(CCN(CC(=O)[O-])CC(CCCCCCCCCCCc1ccccc1)N(CC(=O)[O-])CC(=O)[O-])CC(=O)[O-]. The molecule has 0 aromatic heterocycles. The van der Waals surface area contributed by atoms with Gasteiger partial charge in [0, 0.05) is 58.4 Å². The molecule has 1 atom stereocenters. The smallest absolute Gasteiger partial charge is 0.0555 e. The highest BCUT2D eigenvalue weighted by Gasteiger charge is 2.22. The van der Waals surface area contributed by atoms with Crippen LogP contribution in [0.3, 0.4) is 0 Å². The minimum absolute atomic E-state index is 0.0952. The molecule has 0 saturated carbocycles. The molecule has 44 heavy (non-hydrogen) atoms. The fourth-order valence-electron chi connectivity index (χ4n) is 5.20. The van der Waals surface area contributed by atoms with Crippen molar-refractivity contribution in [3.63, 3.8) is 0 Å². The lowest BCUT2D eigenvalue weighted by Gasteiger charge is -2.37. The maximum atomic E-state index is 11.4. The zero-order valence-electron chi connectivity index (χ0n) is 25.3. The van der Waals surface area contributed by atoms with E-state index in [1.54, 1.807) is 0 Å². The van der Waals surface area contributed by atoms with Gasteiger partial charge in [0.25, 0.3) is 0 Å². The van der Waals surface area contributed by atoms with E-state index in [9.17, 15) is 49.5 Å². The van der Waals surface area contributed by atoms with E-state index in [-0.39, 0.29) is 19.6 Å². The number of carbonyl (C=O) groups excluding carboxylic acids is 5. The second kappa shape index (κ2) is 22.9. The molecule has 0 saturated heterocycles. The molecule has 13 heteroatoms. The molecule has 0 amide bonds. The normalized spacial score (nSPS) is 12.1. The van der Waals surface area contributed by atoms with Crippen molar-refractivity contribution in [3.8, 4) is 0 Å². The quantitative estimate of drug-likeness (QED) is 0.0825. The molecular weight excluding hydrogens is 574 g/mol. The number of hydrogen-bond donors (Lipinski definition) is 0. The molecule has 0 N–H and O–H groups in total. The zero-order chi connectivity index (χ0) is 32.7. The van der Waals surface area contributed by atoms with E-state index in [2.05, 4.69) is 12.1 Å². The van der Waals surface area contributed by atoms with Crippen molar-refractivity contribution >= 4 is 29.8 Å². The molecule has 1 aromatic carbocycles. The predicted molar refractivity (Wildman–Crippen MR) is 150 cm³/mol. The zero-order valence-corrected chi connectivity index (χ0v) is 25.3. The first kappa shape index (κ1) is 38.5. The molecule has 1 aromatic rings. The molecule has 0 aliphatic heterocycles. The summed E-state index contributed by atoms with van der Waals surface area (Å²) in [5.41, 5.74) is 1.35. The molecule has 0 aliphatic carbocycles. The number of carboxylic acid groups (broad SMARTS) is 5. The summed E-state index contributed by atoms with van der Waals surface area (Å²) < 4.78 is 0. The molecular formula is C31H44N3O10-5. The maximum Gasteiger partial charge on any atom is 0.0555 e. The fourth-order valence-corrected chi connectivity index (χ4v) is 5.20. The minimum Gasteiger partial charge on any atom is -0.549 e. The third kappa shape index (κ3) is 20.4. The summed E-state index contributed by atoms with van der Waals surface area (Å²) in [6.07, 6.45) is 10.5. The Labute approximate surface area is 259 Å². The van der Waals surface area contributed by atoms with Gasteiger partial charge in [-0.05, 0) is 24.8 Å². The van der Waals surface area contributed by atoms with E-state index >= 15 is 0 Å². The fraction of sp³-hybridized carbons (Fsp3) is 0.645. The molecule has 0 radical (unpaired) electrons. The lowest BCUT2D eigenvalue weighted by molar-refractivity contribution is -0.313. The first-order valence-electron chi connectivity index (χ1n) is 15.2. The Kier molecular flexibility index (Phi) is 20.0. The summed E-state index contributed by atoms with van der Waals surface area (Å²) in [7, 11) is 0. The third-order valence-electron chi connectivity index (χ3n) is 7.29. The van der Waals surface area contributed by atoms with Gasteiger partial charge in [-0.2, -0.15) is 0 Å². The van der Waals surface area contributed by atoms with Gasteiger partial charge in [-0.3, -0.25) is 14.7 Å². The highest BCUT2D eigenvalue weighted by Crippen LogP contribution is 2.16. The first-order valence-corrected chi connectivity index (χ1v) is 15.2. The van der Waals surface area contributed by atoms with Gasteiger partial charge in [0.05, 0.1) is 29.8 Å². The summed E-state index contributed by atoms with van der Waals surface area (Å²) in [6.45, 7) is -3.93. The molecule has 0 aliphatic rings. The molecule has 13 nitrogen and oxygen atoms in total. The van der Waals surface area contributed by atoms with Crippen LogP contribution in [0.1, 0.15) is 69.8 Å². The Hall–Kier alpha value is -3.55. The second-order valence-electron chi connectivity index (χ2n) is 11.1. The van der Waals surface area contributed by atoms with Gasteiger partial charge in [0.1, 0.15) is 0 Å². The van der Waals surface area contributed by atoms with Crippen molar-refractivity contribution in [3.05, 3.63) is 35.9 Å². The van der Waals surface area contributed by atoms with Crippen molar-refractivity contribution in [1.29, 1.82) is 0 Å². The van der Waals surface area contributed by atoms with Crippen LogP contribution in [0, 0.1) is 0 Å². The van der Waals surface area contributed by atoms with Gasteiger partial charge in [-0.1, -0.05) is 81.7 Å². The monoisotopic (exact) mass is 618 g/mol. The Balaban J connectivity index is 2.65. The second-order valence-corrected chi connectivity index (χ2v) is 11.1. The number of carbonyl (C=O) groups is 5. The van der Waals surface area contributed by atoms with E-state index in [4.69, 9.17) is 0 Å². The summed E-state index contributed by atoms with van der Waals surface area (Å²) in [5, 5.41) is 56.2. The summed E-state index contributed by atoms with van der Waals surface area (Å²) >= 11 is 0.